The molecular weight excluding hydrogens is 337 g/mol. The molecule has 1 aliphatic heterocycles. The highest BCUT2D eigenvalue weighted by Gasteiger charge is 2.22. The Morgan fingerprint density at radius 1 is 1.19 bits per heavy atom. The Bertz CT molecular complexity index is 791. The van der Waals surface area contributed by atoms with Gasteiger partial charge in [0.2, 0.25) is 5.91 Å². The molecule has 3 N–H and O–H groups in total. The van der Waals surface area contributed by atoms with Crippen molar-refractivity contribution in [1.82, 2.24) is 14.8 Å². The molecule has 2 heterocycles. The minimum Gasteiger partial charge on any atom is -0.366 e. The number of carbonyl (C=O) groups is 2. The lowest BCUT2D eigenvalue weighted by Gasteiger charge is -2.34. The lowest BCUT2D eigenvalue weighted by molar-refractivity contribution is 0.1000. The SMILES string of the molecule is NC(=O)c1ccc(NC(=O)N2CCN(Cc3cccnc3)CC2)c(F)c1. The summed E-state index contributed by atoms with van der Waals surface area (Å²) in [6, 6.07) is 7.29. The maximum atomic E-state index is 14.0. The van der Waals surface area contributed by atoms with Crippen molar-refractivity contribution in [3.8, 4) is 0 Å². The highest BCUT2D eigenvalue weighted by atomic mass is 19.1. The summed E-state index contributed by atoms with van der Waals surface area (Å²) < 4.78 is 14.0. The summed E-state index contributed by atoms with van der Waals surface area (Å²) in [7, 11) is 0. The van der Waals surface area contributed by atoms with Gasteiger partial charge in [0, 0.05) is 50.7 Å². The third kappa shape index (κ3) is 4.34. The number of benzene rings is 1. The highest BCUT2D eigenvalue weighted by Crippen LogP contribution is 2.17. The topological polar surface area (TPSA) is 91.6 Å². The minimum atomic E-state index is -0.716. The fraction of sp³-hybridized carbons (Fsp3) is 0.278. The molecular formula is C18H20FN5O2. The smallest absolute Gasteiger partial charge is 0.322 e. The molecule has 3 amide bonds. The number of rotatable bonds is 4. The van der Waals surface area contributed by atoms with Crippen molar-refractivity contribution in [2.24, 2.45) is 5.73 Å². The fourth-order valence-corrected chi connectivity index (χ4v) is 2.82. The number of anilines is 1. The molecule has 1 saturated heterocycles. The van der Waals surface area contributed by atoms with Crippen LogP contribution in [0.5, 0.6) is 0 Å². The van der Waals surface area contributed by atoms with Gasteiger partial charge in [0.1, 0.15) is 5.82 Å². The number of nitrogens with two attached hydrogens (primary N) is 1. The molecule has 0 spiro atoms. The average Bonchev–Trinajstić information content (AvgIpc) is 2.64. The molecule has 0 unspecified atom stereocenters. The zero-order chi connectivity index (χ0) is 18.5. The Labute approximate surface area is 150 Å². The monoisotopic (exact) mass is 357 g/mol. The normalized spacial score (nSPS) is 14.9. The van der Waals surface area contributed by atoms with Gasteiger partial charge in [-0.3, -0.25) is 14.7 Å². The van der Waals surface area contributed by atoms with E-state index in [1.54, 1.807) is 11.1 Å². The van der Waals surface area contributed by atoms with Crippen LogP contribution in [-0.4, -0.2) is 52.9 Å². The highest BCUT2D eigenvalue weighted by molar-refractivity contribution is 5.94. The summed E-state index contributed by atoms with van der Waals surface area (Å²) in [5.74, 6) is -1.41. The van der Waals surface area contributed by atoms with Gasteiger partial charge in [-0.25, -0.2) is 9.18 Å². The van der Waals surface area contributed by atoms with E-state index in [2.05, 4.69) is 15.2 Å². The van der Waals surface area contributed by atoms with Gasteiger partial charge in [0.25, 0.3) is 0 Å². The van der Waals surface area contributed by atoms with Crippen molar-refractivity contribution >= 4 is 17.6 Å². The fourth-order valence-electron chi connectivity index (χ4n) is 2.82. The molecule has 1 aromatic heterocycles. The van der Waals surface area contributed by atoms with Gasteiger partial charge in [-0.1, -0.05) is 6.07 Å². The number of amides is 3. The Balaban J connectivity index is 1.53. The van der Waals surface area contributed by atoms with Gasteiger partial charge >= 0.3 is 6.03 Å². The minimum absolute atomic E-state index is 0.0257. The molecule has 8 heteroatoms. The molecule has 7 nitrogen and oxygen atoms in total. The summed E-state index contributed by atoms with van der Waals surface area (Å²) in [5, 5.41) is 2.54. The molecule has 0 radical (unpaired) electrons. The van der Waals surface area contributed by atoms with Crippen molar-refractivity contribution in [3.05, 3.63) is 59.7 Å². The van der Waals surface area contributed by atoms with E-state index in [0.29, 0.717) is 13.1 Å². The van der Waals surface area contributed by atoms with Crippen LogP contribution >= 0.6 is 0 Å². The summed E-state index contributed by atoms with van der Waals surface area (Å²) in [6.45, 7) is 3.34. The summed E-state index contributed by atoms with van der Waals surface area (Å²) in [6.07, 6.45) is 3.57. The lowest BCUT2D eigenvalue weighted by atomic mass is 10.2. The second kappa shape index (κ2) is 7.92. The number of nitrogens with zero attached hydrogens (tertiary/aromatic N) is 3. The predicted molar refractivity (Wildman–Crippen MR) is 95.0 cm³/mol. The first-order valence-electron chi connectivity index (χ1n) is 8.29. The first-order chi connectivity index (χ1) is 12.5. The first kappa shape index (κ1) is 17.8. The second-order valence-electron chi connectivity index (χ2n) is 6.11. The van der Waals surface area contributed by atoms with Crippen LogP contribution in [0, 0.1) is 5.82 Å². The van der Waals surface area contributed by atoms with Gasteiger partial charge in [0.15, 0.2) is 0 Å². The van der Waals surface area contributed by atoms with Gasteiger partial charge in [-0.2, -0.15) is 0 Å². The number of nitrogens with one attached hydrogen (secondary N) is 1. The molecule has 136 valence electrons. The van der Waals surface area contributed by atoms with E-state index in [1.807, 2.05) is 18.3 Å². The number of halogens is 1. The van der Waals surface area contributed by atoms with E-state index in [4.69, 9.17) is 5.73 Å². The van der Waals surface area contributed by atoms with Crippen LogP contribution in [0.2, 0.25) is 0 Å². The third-order valence-electron chi connectivity index (χ3n) is 4.28. The maximum absolute atomic E-state index is 14.0. The van der Waals surface area contributed by atoms with Gasteiger partial charge in [0.05, 0.1) is 5.69 Å². The number of aromatic nitrogens is 1. The van der Waals surface area contributed by atoms with Crippen molar-refractivity contribution in [2.75, 3.05) is 31.5 Å². The molecule has 1 aliphatic rings. The molecule has 2 aromatic rings. The van der Waals surface area contributed by atoms with Gasteiger partial charge < -0.3 is 16.0 Å². The molecule has 1 aromatic carbocycles. The molecule has 26 heavy (non-hydrogen) atoms. The standard InChI is InChI=1S/C18H20FN5O2/c19-15-10-14(17(20)25)3-4-16(15)22-18(26)24-8-6-23(7-9-24)12-13-2-1-5-21-11-13/h1-5,10-11H,6-9,12H2,(H2,20,25)(H,22,26). The van der Waals surface area contributed by atoms with Crippen LogP contribution in [0.15, 0.2) is 42.7 Å². The number of pyridine rings is 1. The number of hydrogen-bond acceptors (Lipinski definition) is 4. The van der Waals surface area contributed by atoms with E-state index >= 15 is 0 Å². The van der Waals surface area contributed by atoms with Crippen LogP contribution in [-0.2, 0) is 6.54 Å². The summed E-state index contributed by atoms with van der Waals surface area (Å²) >= 11 is 0. The number of piperazine rings is 1. The maximum Gasteiger partial charge on any atom is 0.322 e. The van der Waals surface area contributed by atoms with Crippen LogP contribution in [0.25, 0.3) is 0 Å². The Kier molecular flexibility index (Phi) is 5.43. The number of primary amides is 1. The van der Waals surface area contributed by atoms with Gasteiger partial charge in [-0.15, -0.1) is 0 Å². The number of urea groups is 1. The van der Waals surface area contributed by atoms with Crippen LogP contribution in [0.3, 0.4) is 0 Å². The quantitative estimate of drug-likeness (QED) is 0.871. The molecule has 0 atom stereocenters. The Morgan fingerprint density at radius 3 is 2.58 bits per heavy atom. The molecule has 1 fully saturated rings. The lowest BCUT2D eigenvalue weighted by Crippen LogP contribution is -2.49. The summed E-state index contributed by atoms with van der Waals surface area (Å²) in [5.41, 5.74) is 6.32. The zero-order valence-electron chi connectivity index (χ0n) is 14.2. The van der Waals surface area contributed by atoms with Crippen molar-refractivity contribution in [2.45, 2.75) is 6.54 Å². The largest absolute Gasteiger partial charge is 0.366 e. The molecule has 0 saturated carbocycles. The molecule has 0 bridgehead atoms. The van der Waals surface area contributed by atoms with Crippen LogP contribution in [0.1, 0.15) is 15.9 Å². The molecule has 3 rings (SSSR count). The average molecular weight is 357 g/mol. The van der Waals surface area contributed by atoms with E-state index in [0.717, 1.165) is 31.3 Å². The second-order valence-corrected chi connectivity index (χ2v) is 6.11. The van der Waals surface area contributed by atoms with Crippen molar-refractivity contribution in [3.63, 3.8) is 0 Å². The molecule has 0 aliphatic carbocycles. The van der Waals surface area contributed by atoms with Gasteiger partial charge in [-0.05, 0) is 29.8 Å². The van der Waals surface area contributed by atoms with Crippen LogP contribution in [0.4, 0.5) is 14.9 Å². The van der Waals surface area contributed by atoms with Crippen molar-refractivity contribution in [1.29, 1.82) is 0 Å². The Morgan fingerprint density at radius 2 is 1.96 bits per heavy atom. The van der Waals surface area contributed by atoms with E-state index in [1.165, 1.54) is 12.1 Å². The van der Waals surface area contributed by atoms with E-state index in [-0.39, 0.29) is 17.3 Å². The van der Waals surface area contributed by atoms with E-state index in [9.17, 15) is 14.0 Å². The zero-order valence-corrected chi connectivity index (χ0v) is 14.2. The number of hydrogen-bond donors (Lipinski definition) is 2. The summed E-state index contributed by atoms with van der Waals surface area (Å²) in [4.78, 5) is 31.4. The third-order valence-corrected chi connectivity index (χ3v) is 4.28. The first-order valence-corrected chi connectivity index (χ1v) is 8.29. The number of carbonyl (C=O) groups excluding carboxylic acids is 2. The van der Waals surface area contributed by atoms with E-state index < -0.39 is 11.7 Å². The van der Waals surface area contributed by atoms with Crippen molar-refractivity contribution < 1.29 is 14.0 Å². The Hall–Kier alpha value is -3.00. The predicted octanol–water partition coefficient (Wildman–Crippen LogP) is 1.67. The van der Waals surface area contributed by atoms with Crippen LogP contribution < -0.4 is 11.1 Å².